The summed E-state index contributed by atoms with van der Waals surface area (Å²) in [7, 11) is 0. The Balaban J connectivity index is 1.59. The highest BCUT2D eigenvalue weighted by Crippen LogP contribution is 2.11. The molecule has 0 fully saturated rings. The molecule has 0 saturated heterocycles. The van der Waals surface area contributed by atoms with E-state index in [2.05, 4.69) is 21.3 Å². The van der Waals surface area contributed by atoms with Gasteiger partial charge in [0.2, 0.25) is 29.5 Å². The number of hydrogen-bond donors (Lipinski definition) is 6. The largest absolute Gasteiger partial charge is 0.368 e. The molecule has 278 valence electrons. The first kappa shape index (κ1) is 40.0. The van der Waals surface area contributed by atoms with Crippen LogP contribution in [-0.4, -0.2) is 59.7 Å². The molecule has 0 bridgehead atoms. The minimum absolute atomic E-state index is 0.0673. The molecule has 0 aliphatic carbocycles. The molecule has 0 radical (unpaired) electrons. The highest BCUT2D eigenvalue weighted by Gasteiger charge is 2.32. The first-order valence-corrected chi connectivity index (χ1v) is 17.9. The van der Waals surface area contributed by atoms with Crippen molar-refractivity contribution in [3.05, 3.63) is 144 Å². The minimum atomic E-state index is -1.15. The minimum Gasteiger partial charge on any atom is -0.368 e. The van der Waals surface area contributed by atoms with E-state index in [9.17, 15) is 24.0 Å². The van der Waals surface area contributed by atoms with Gasteiger partial charge >= 0.3 is 0 Å². The number of benzene rings is 4. The van der Waals surface area contributed by atoms with Gasteiger partial charge in [-0.25, -0.2) is 0 Å². The van der Waals surface area contributed by atoms with Gasteiger partial charge in [0.25, 0.3) is 0 Å². The lowest BCUT2D eigenvalue weighted by Gasteiger charge is -2.27. The second-order valence-corrected chi connectivity index (χ2v) is 13.6. The Morgan fingerprint density at radius 2 is 0.736 bits per heavy atom. The van der Waals surface area contributed by atoms with E-state index in [-0.39, 0.29) is 31.6 Å². The van der Waals surface area contributed by atoms with Gasteiger partial charge < -0.3 is 32.7 Å². The summed E-state index contributed by atoms with van der Waals surface area (Å²) < 4.78 is 0. The fourth-order valence-electron chi connectivity index (χ4n) is 5.95. The van der Waals surface area contributed by atoms with Crippen LogP contribution in [0.1, 0.15) is 42.5 Å². The normalized spacial score (nSPS) is 13.8. The number of nitrogens with two attached hydrogens (primary N) is 2. The van der Waals surface area contributed by atoms with Crippen LogP contribution in [0.15, 0.2) is 121 Å². The third-order valence-electron chi connectivity index (χ3n) is 8.75. The van der Waals surface area contributed by atoms with Crippen LogP contribution in [0.4, 0.5) is 0 Å². The standard InChI is InChI=1S/C42H50N6O5/c1-28(2)23-34(38(44)49)45-40(51)36(26-31-19-11-5-12-20-31)47-42(53)37(27-32-21-13-6-14-22-32)48-41(52)35(25-30-17-9-4-10-18-30)46-39(50)33(43)24-29-15-7-3-8-16-29/h3-22,28,33-37H,23-27,43H2,1-2H3,(H2,44,49)(H,45,51)(H,46,50)(H,47,53)(H,48,52)/t33-,34-,35-,36-,37-/m1/s1. The molecule has 4 aromatic rings. The summed E-state index contributed by atoms with van der Waals surface area (Å²) in [6.45, 7) is 3.82. The van der Waals surface area contributed by atoms with Crippen LogP contribution < -0.4 is 32.7 Å². The maximum Gasteiger partial charge on any atom is 0.243 e. The quantitative estimate of drug-likeness (QED) is 0.0866. The molecule has 0 spiro atoms. The van der Waals surface area contributed by atoms with Gasteiger partial charge in [0.15, 0.2) is 0 Å². The van der Waals surface area contributed by atoms with Crippen molar-refractivity contribution >= 4 is 29.5 Å². The van der Waals surface area contributed by atoms with E-state index in [4.69, 9.17) is 11.5 Å². The van der Waals surface area contributed by atoms with Crippen molar-refractivity contribution in [2.24, 2.45) is 17.4 Å². The third kappa shape index (κ3) is 13.4. The third-order valence-corrected chi connectivity index (χ3v) is 8.75. The Labute approximate surface area is 311 Å². The molecular weight excluding hydrogens is 668 g/mol. The summed E-state index contributed by atoms with van der Waals surface area (Å²) in [4.78, 5) is 67.7. The SMILES string of the molecule is CC(C)C[C@@H](NC(=O)[C@@H](Cc1ccccc1)NC(=O)[C@@H](Cc1ccccc1)NC(=O)[C@@H](Cc1ccccc1)NC(=O)[C@H](N)Cc1ccccc1)C(N)=O. The van der Waals surface area contributed by atoms with E-state index in [1.807, 2.05) is 135 Å². The Kier molecular flexibility index (Phi) is 15.3. The summed E-state index contributed by atoms with van der Waals surface area (Å²) in [5.41, 5.74) is 15.1. The van der Waals surface area contributed by atoms with E-state index in [1.54, 1.807) is 0 Å². The van der Waals surface area contributed by atoms with Crippen LogP contribution in [-0.2, 0) is 49.7 Å². The zero-order valence-electron chi connectivity index (χ0n) is 30.2. The van der Waals surface area contributed by atoms with Crippen molar-refractivity contribution < 1.29 is 24.0 Å². The van der Waals surface area contributed by atoms with E-state index in [0.29, 0.717) is 6.42 Å². The zero-order chi connectivity index (χ0) is 38.2. The van der Waals surface area contributed by atoms with Crippen molar-refractivity contribution in [3.63, 3.8) is 0 Å². The molecule has 0 saturated carbocycles. The first-order valence-electron chi connectivity index (χ1n) is 17.9. The zero-order valence-corrected chi connectivity index (χ0v) is 30.2. The first-order chi connectivity index (χ1) is 25.5. The van der Waals surface area contributed by atoms with Gasteiger partial charge in [-0.3, -0.25) is 24.0 Å². The van der Waals surface area contributed by atoms with Gasteiger partial charge in [-0.2, -0.15) is 0 Å². The van der Waals surface area contributed by atoms with E-state index in [0.717, 1.165) is 22.3 Å². The molecule has 5 atom stereocenters. The molecule has 0 aliphatic rings. The predicted octanol–water partition coefficient (Wildman–Crippen LogP) is 2.76. The molecule has 4 rings (SSSR count). The Morgan fingerprint density at radius 1 is 0.453 bits per heavy atom. The maximum absolute atomic E-state index is 14.2. The summed E-state index contributed by atoms with van der Waals surface area (Å²) >= 11 is 0. The van der Waals surface area contributed by atoms with Crippen LogP contribution in [0.2, 0.25) is 0 Å². The number of nitrogens with one attached hydrogen (secondary N) is 4. The molecule has 0 aliphatic heterocycles. The summed E-state index contributed by atoms with van der Waals surface area (Å²) in [5.74, 6) is -2.93. The lowest BCUT2D eigenvalue weighted by atomic mass is 9.99. The number of carbonyl (C=O) groups excluding carboxylic acids is 5. The maximum atomic E-state index is 14.2. The average Bonchev–Trinajstić information content (AvgIpc) is 3.15. The molecule has 4 aromatic carbocycles. The molecule has 11 heteroatoms. The van der Waals surface area contributed by atoms with Gasteiger partial charge in [0.05, 0.1) is 6.04 Å². The second kappa shape index (κ2) is 20.3. The monoisotopic (exact) mass is 718 g/mol. The molecule has 8 N–H and O–H groups in total. The predicted molar refractivity (Wildman–Crippen MR) is 205 cm³/mol. The Bertz CT molecular complexity index is 1770. The Hall–Kier alpha value is -5.81. The molecule has 0 aromatic heterocycles. The molecular formula is C42H50N6O5. The number of carbonyl (C=O) groups is 5. The Morgan fingerprint density at radius 3 is 1.04 bits per heavy atom. The molecule has 5 amide bonds. The molecule has 53 heavy (non-hydrogen) atoms. The summed E-state index contributed by atoms with van der Waals surface area (Å²) in [5, 5.41) is 11.2. The lowest BCUT2D eigenvalue weighted by Crippen LogP contribution is -2.60. The summed E-state index contributed by atoms with van der Waals surface area (Å²) in [6.07, 6.45) is 0.936. The van der Waals surface area contributed by atoms with Crippen LogP contribution in [0, 0.1) is 5.92 Å². The van der Waals surface area contributed by atoms with Crippen LogP contribution >= 0.6 is 0 Å². The van der Waals surface area contributed by atoms with Gasteiger partial charge in [-0.15, -0.1) is 0 Å². The molecule has 0 unspecified atom stereocenters. The second-order valence-electron chi connectivity index (χ2n) is 13.6. The topological polar surface area (TPSA) is 186 Å². The van der Waals surface area contributed by atoms with Gasteiger partial charge in [-0.05, 0) is 41.0 Å². The van der Waals surface area contributed by atoms with Gasteiger partial charge in [-0.1, -0.05) is 135 Å². The van der Waals surface area contributed by atoms with Crippen molar-refractivity contribution in [2.75, 3.05) is 0 Å². The highest BCUT2D eigenvalue weighted by atomic mass is 16.2. The smallest absolute Gasteiger partial charge is 0.243 e. The highest BCUT2D eigenvalue weighted by molar-refractivity contribution is 5.96. The average molecular weight is 719 g/mol. The fraction of sp³-hybridized carbons (Fsp3) is 0.310. The van der Waals surface area contributed by atoms with E-state index >= 15 is 0 Å². The van der Waals surface area contributed by atoms with Crippen molar-refractivity contribution in [1.82, 2.24) is 21.3 Å². The van der Waals surface area contributed by atoms with Gasteiger partial charge in [0, 0.05) is 19.3 Å². The number of amides is 5. The van der Waals surface area contributed by atoms with Crippen molar-refractivity contribution in [1.29, 1.82) is 0 Å². The van der Waals surface area contributed by atoms with Crippen molar-refractivity contribution in [2.45, 2.75) is 76.2 Å². The van der Waals surface area contributed by atoms with E-state index in [1.165, 1.54) is 0 Å². The molecule has 11 nitrogen and oxygen atoms in total. The van der Waals surface area contributed by atoms with Crippen LogP contribution in [0.3, 0.4) is 0 Å². The lowest BCUT2D eigenvalue weighted by molar-refractivity contribution is -0.134. The number of rotatable bonds is 19. The number of primary amides is 1. The van der Waals surface area contributed by atoms with Crippen LogP contribution in [0.5, 0.6) is 0 Å². The van der Waals surface area contributed by atoms with E-state index < -0.39 is 59.7 Å². The fourth-order valence-corrected chi connectivity index (χ4v) is 5.95. The van der Waals surface area contributed by atoms with Crippen molar-refractivity contribution in [3.8, 4) is 0 Å². The molecule has 0 heterocycles. The van der Waals surface area contributed by atoms with Gasteiger partial charge in [0.1, 0.15) is 24.2 Å². The van der Waals surface area contributed by atoms with Crippen LogP contribution in [0.25, 0.3) is 0 Å². The summed E-state index contributed by atoms with van der Waals surface area (Å²) in [6, 6.07) is 31.6. The number of hydrogen-bond acceptors (Lipinski definition) is 6.